The van der Waals surface area contributed by atoms with Gasteiger partial charge in [0.05, 0.1) is 16.6 Å². The van der Waals surface area contributed by atoms with E-state index in [2.05, 4.69) is 0 Å². The van der Waals surface area contributed by atoms with E-state index in [4.69, 9.17) is 28.6 Å². The van der Waals surface area contributed by atoms with Crippen molar-refractivity contribution in [3.05, 3.63) is 34.9 Å². The van der Waals surface area contributed by atoms with Crippen LogP contribution in [0.2, 0.25) is 5.02 Å². The molecule has 0 saturated heterocycles. The number of rotatable bonds is 5. The number of esters is 1. The van der Waals surface area contributed by atoms with E-state index in [9.17, 15) is 4.79 Å². The topological polar surface area (TPSA) is 26.3 Å². The average Bonchev–Trinajstić information content (AvgIpc) is 2.30. The Balaban J connectivity index is 2.34. The van der Waals surface area contributed by atoms with Crippen LogP contribution < -0.4 is 0 Å². The van der Waals surface area contributed by atoms with Crippen LogP contribution in [-0.4, -0.2) is 22.5 Å². The van der Waals surface area contributed by atoms with Gasteiger partial charge in [0.25, 0.3) is 0 Å². The molecule has 0 bridgehead atoms. The summed E-state index contributed by atoms with van der Waals surface area (Å²) >= 11 is 12.3. The molecule has 1 rings (SSSR count). The summed E-state index contributed by atoms with van der Waals surface area (Å²) in [6.45, 7) is 2.19. The molecule has 0 fully saturated rings. The fraction of sp³-hybridized carbons (Fsp3) is 0.333. The first-order chi connectivity index (χ1) is 8.11. The van der Waals surface area contributed by atoms with Crippen LogP contribution in [0.1, 0.15) is 12.5 Å². The molecule has 0 aliphatic heterocycles. The number of carbonyl (C=O) groups excluding carboxylic acids is 1. The Morgan fingerprint density at radius 1 is 1.41 bits per heavy atom. The van der Waals surface area contributed by atoms with Crippen molar-refractivity contribution in [1.29, 1.82) is 0 Å². The monoisotopic (exact) mass is 288 g/mol. The molecule has 17 heavy (non-hydrogen) atoms. The zero-order valence-electron chi connectivity index (χ0n) is 9.44. The zero-order valence-corrected chi connectivity index (χ0v) is 11.8. The minimum atomic E-state index is -0.226. The highest BCUT2D eigenvalue weighted by atomic mass is 35.5. The van der Waals surface area contributed by atoms with Gasteiger partial charge in [-0.15, -0.1) is 11.8 Å². The van der Waals surface area contributed by atoms with Gasteiger partial charge in [-0.05, 0) is 24.6 Å². The van der Waals surface area contributed by atoms with Crippen LogP contribution in [0.25, 0.3) is 0 Å². The van der Waals surface area contributed by atoms with Crippen molar-refractivity contribution >= 4 is 45.7 Å². The van der Waals surface area contributed by atoms with Gasteiger partial charge in [0.2, 0.25) is 0 Å². The normalized spacial score (nSPS) is 10.0. The molecule has 0 spiro atoms. The van der Waals surface area contributed by atoms with Crippen molar-refractivity contribution in [3.8, 4) is 0 Å². The van der Waals surface area contributed by atoms with Crippen LogP contribution in [0.5, 0.6) is 0 Å². The van der Waals surface area contributed by atoms with E-state index in [0.29, 0.717) is 18.1 Å². The largest absolute Gasteiger partial charge is 0.465 e. The molecule has 0 atom stereocenters. The van der Waals surface area contributed by atoms with Crippen LogP contribution in [0.4, 0.5) is 0 Å². The van der Waals surface area contributed by atoms with E-state index in [1.54, 1.807) is 6.92 Å². The molecule has 0 N–H and O–H groups in total. The molecule has 0 heterocycles. The lowest BCUT2D eigenvalue weighted by Crippen LogP contribution is -2.09. The lowest BCUT2D eigenvalue weighted by molar-refractivity contribution is -0.139. The highest BCUT2D eigenvalue weighted by molar-refractivity contribution is 8.23. The van der Waals surface area contributed by atoms with Crippen LogP contribution >= 0.6 is 35.6 Å². The maximum atomic E-state index is 11.1. The summed E-state index contributed by atoms with van der Waals surface area (Å²) in [5, 5.41) is 0.707. The fourth-order valence-corrected chi connectivity index (χ4v) is 2.26. The Morgan fingerprint density at radius 3 is 2.65 bits per heavy atom. The van der Waals surface area contributed by atoms with Crippen LogP contribution in [0, 0.1) is 0 Å². The molecule has 0 unspecified atom stereocenters. The van der Waals surface area contributed by atoms with Crippen LogP contribution in [0.15, 0.2) is 24.3 Å². The van der Waals surface area contributed by atoms with E-state index in [1.807, 2.05) is 24.3 Å². The molecule has 0 aliphatic rings. The number of thioether (sulfide) groups is 1. The molecule has 0 amide bonds. The van der Waals surface area contributed by atoms with Crippen LogP contribution in [0.3, 0.4) is 0 Å². The molecular formula is C12H13ClO2S2. The summed E-state index contributed by atoms with van der Waals surface area (Å²) in [5.74, 6) is 0.0521. The van der Waals surface area contributed by atoms with Crippen molar-refractivity contribution in [2.45, 2.75) is 13.3 Å². The lowest BCUT2D eigenvalue weighted by Gasteiger charge is -2.04. The highest BCUT2D eigenvalue weighted by Crippen LogP contribution is 2.14. The minimum absolute atomic E-state index is 0.226. The molecular weight excluding hydrogens is 276 g/mol. The Labute approximate surface area is 116 Å². The molecule has 0 radical (unpaired) electrons. The Kier molecular flexibility index (Phi) is 6.55. The third-order valence-electron chi connectivity index (χ3n) is 1.92. The van der Waals surface area contributed by atoms with Gasteiger partial charge < -0.3 is 4.74 Å². The average molecular weight is 289 g/mol. The second-order valence-electron chi connectivity index (χ2n) is 3.27. The smallest absolute Gasteiger partial charge is 0.316 e. The lowest BCUT2D eigenvalue weighted by atomic mass is 10.2. The van der Waals surface area contributed by atoms with Gasteiger partial charge in [-0.2, -0.15) is 0 Å². The molecule has 0 aliphatic carbocycles. The van der Waals surface area contributed by atoms with Gasteiger partial charge in [0, 0.05) is 11.4 Å². The summed E-state index contributed by atoms with van der Waals surface area (Å²) in [6.07, 6.45) is 0.663. The molecule has 1 aromatic rings. The maximum absolute atomic E-state index is 11.1. The van der Waals surface area contributed by atoms with E-state index >= 15 is 0 Å². The van der Waals surface area contributed by atoms with E-state index < -0.39 is 0 Å². The van der Waals surface area contributed by atoms with Crippen molar-refractivity contribution < 1.29 is 9.53 Å². The third kappa shape index (κ3) is 6.05. The minimum Gasteiger partial charge on any atom is -0.465 e. The van der Waals surface area contributed by atoms with Gasteiger partial charge >= 0.3 is 5.97 Å². The zero-order chi connectivity index (χ0) is 12.7. The van der Waals surface area contributed by atoms with Gasteiger partial charge in [0.15, 0.2) is 0 Å². The molecule has 92 valence electrons. The van der Waals surface area contributed by atoms with Gasteiger partial charge in [0.1, 0.15) is 0 Å². The molecule has 1 aromatic carbocycles. The Hall–Kier alpha value is -0.580. The van der Waals surface area contributed by atoms with Crippen molar-refractivity contribution in [1.82, 2.24) is 0 Å². The summed E-state index contributed by atoms with van der Waals surface area (Å²) in [4.78, 5) is 11.1. The van der Waals surface area contributed by atoms with Gasteiger partial charge in [-0.25, -0.2) is 0 Å². The molecule has 2 nitrogen and oxygen atoms in total. The van der Waals surface area contributed by atoms with Crippen molar-refractivity contribution in [3.63, 3.8) is 0 Å². The van der Waals surface area contributed by atoms with Gasteiger partial charge in [-0.1, -0.05) is 36.0 Å². The first-order valence-electron chi connectivity index (χ1n) is 5.17. The van der Waals surface area contributed by atoms with E-state index in [0.717, 1.165) is 9.76 Å². The molecule has 0 saturated carbocycles. The number of halogens is 1. The molecule has 5 heteroatoms. The second-order valence-corrected chi connectivity index (χ2v) is 5.53. The first kappa shape index (κ1) is 14.5. The number of carbonyl (C=O) groups is 1. The predicted octanol–water partition coefficient (Wildman–Crippen LogP) is 3.51. The third-order valence-corrected chi connectivity index (χ3v) is 3.51. The number of ether oxygens (including phenoxy) is 1. The van der Waals surface area contributed by atoms with Gasteiger partial charge in [-0.3, -0.25) is 4.79 Å². The quantitative estimate of drug-likeness (QED) is 0.612. The first-order valence-corrected chi connectivity index (χ1v) is 6.94. The fourth-order valence-electron chi connectivity index (χ4n) is 1.16. The number of benzene rings is 1. The standard InChI is InChI=1S/C12H13ClO2S2/c1-2-15-11(14)8-17-12(16)7-9-3-5-10(13)6-4-9/h3-6H,2,7-8H2,1H3. The number of hydrogen-bond acceptors (Lipinski definition) is 4. The summed E-state index contributed by atoms with van der Waals surface area (Å²) in [7, 11) is 0. The van der Waals surface area contributed by atoms with Crippen LogP contribution in [-0.2, 0) is 16.0 Å². The SMILES string of the molecule is CCOC(=O)CSC(=S)Cc1ccc(Cl)cc1. The van der Waals surface area contributed by atoms with Crippen molar-refractivity contribution in [2.24, 2.45) is 0 Å². The second kappa shape index (κ2) is 7.69. The van der Waals surface area contributed by atoms with E-state index in [-0.39, 0.29) is 11.7 Å². The number of hydrogen-bond donors (Lipinski definition) is 0. The highest BCUT2D eigenvalue weighted by Gasteiger charge is 2.06. The maximum Gasteiger partial charge on any atom is 0.316 e. The summed E-state index contributed by atoms with van der Waals surface area (Å²) in [5.41, 5.74) is 1.09. The number of thiocarbonyl (C=S) groups is 1. The predicted molar refractivity (Wildman–Crippen MR) is 76.8 cm³/mol. The summed E-state index contributed by atoms with van der Waals surface area (Å²) < 4.78 is 5.60. The van der Waals surface area contributed by atoms with E-state index in [1.165, 1.54) is 11.8 Å². The summed E-state index contributed by atoms with van der Waals surface area (Å²) in [6, 6.07) is 7.52. The van der Waals surface area contributed by atoms with Crippen molar-refractivity contribution in [2.75, 3.05) is 12.4 Å². The Morgan fingerprint density at radius 2 is 2.06 bits per heavy atom. The Bertz CT molecular complexity index is 390. The molecule has 0 aromatic heterocycles.